The number of aromatic nitrogens is 2. The van der Waals surface area contributed by atoms with E-state index in [1.165, 1.54) is 6.42 Å². The summed E-state index contributed by atoms with van der Waals surface area (Å²) in [4.78, 5) is 14.9. The van der Waals surface area contributed by atoms with E-state index in [4.69, 9.17) is 0 Å². The Morgan fingerprint density at radius 1 is 1.25 bits per heavy atom. The Morgan fingerprint density at radius 3 is 2.58 bits per heavy atom. The maximum Gasteiger partial charge on any atom is 0.223 e. The number of carbonyl (C=O) groups is 1. The first-order chi connectivity index (χ1) is 11.4. The molecule has 2 aliphatic rings. The molecule has 0 bridgehead atoms. The Morgan fingerprint density at radius 2 is 2.00 bits per heavy atom. The number of amides is 1. The summed E-state index contributed by atoms with van der Waals surface area (Å²) in [5.41, 5.74) is 1.05. The van der Waals surface area contributed by atoms with Gasteiger partial charge in [0.05, 0.1) is 17.7 Å². The zero-order valence-electron chi connectivity index (χ0n) is 14.4. The van der Waals surface area contributed by atoms with Gasteiger partial charge in [-0.15, -0.1) is 0 Å². The Balaban J connectivity index is 1.69. The van der Waals surface area contributed by atoms with Crippen LogP contribution in [0.25, 0.3) is 0 Å². The van der Waals surface area contributed by atoms with E-state index in [0.717, 1.165) is 31.2 Å². The third-order valence-electron chi connectivity index (χ3n) is 5.24. The first kappa shape index (κ1) is 17.5. The van der Waals surface area contributed by atoms with Crippen molar-refractivity contribution in [1.29, 1.82) is 0 Å². The van der Waals surface area contributed by atoms with Crippen molar-refractivity contribution in [3.05, 3.63) is 18.0 Å². The van der Waals surface area contributed by atoms with Gasteiger partial charge in [-0.25, -0.2) is 8.42 Å². The van der Waals surface area contributed by atoms with Crippen molar-refractivity contribution in [3.8, 4) is 0 Å². The van der Waals surface area contributed by atoms with E-state index >= 15 is 0 Å². The number of rotatable bonds is 5. The predicted molar refractivity (Wildman–Crippen MR) is 92.3 cm³/mol. The van der Waals surface area contributed by atoms with Crippen molar-refractivity contribution >= 4 is 15.7 Å². The van der Waals surface area contributed by atoms with Crippen molar-refractivity contribution in [1.82, 2.24) is 14.7 Å². The lowest BCUT2D eigenvalue weighted by molar-refractivity contribution is -0.136. The fraction of sp³-hybridized carbons (Fsp3) is 0.765. The van der Waals surface area contributed by atoms with Gasteiger partial charge in [0.2, 0.25) is 5.91 Å². The molecule has 1 amide bonds. The van der Waals surface area contributed by atoms with Gasteiger partial charge in [-0.3, -0.25) is 9.48 Å². The molecule has 1 atom stereocenters. The summed E-state index contributed by atoms with van der Waals surface area (Å²) in [7, 11) is -1.12. The first-order valence-corrected chi connectivity index (χ1v) is 10.8. The largest absolute Gasteiger partial charge is 0.336 e. The van der Waals surface area contributed by atoms with E-state index in [-0.39, 0.29) is 29.5 Å². The van der Waals surface area contributed by atoms with Crippen LogP contribution in [0.5, 0.6) is 0 Å². The lowest BCUT2D eigenvalue weighted by Crippen LogP contribution is -2.48. The van der Waals surface area contributed by atoms with Gasteiger partial charge in [0.15, 0.2) is 9.84 Å². The van der Waals surface area contributed by atoms with Crippen LogP contribution in [0.15, 0.2) is 12.4 Å². The van der Waals surface area contributed by atoms with Gasteiger partial charge in [-0.2, -0.15) is 5.10 Å². The highest BCUT2D eigenvalue weighted by molar-refractivity contribution is 7.91. The highest BCUT2D eigenvalue weighted by atomic mass is 32.2. The number of aryl methyl sites for hydroxylation is 2. The summed E-state index contributed by atoms with van der Waals surface area (Å²) in [6, 6.07) is 0.0953. The molecule has 1 aliphatic heterocycles. The van der Waals surface area contributed by atoms with Gasteiger partial charge in [0, 0.05) is 31.7 Å². The highest BCUT2D eigenvalue weighted by Crippen LogP contribution is 2.29. The monoisotopic (exact) mass is 353 g/mol. The number of sulfone groups is 1. The molecule has 2 heterocycles. The first-order valence-electron chi connectivity index (χ1n) is 8.94. The molecule has 7 heteroatoms. The number of nitrogens with zero attached hydrogens (tertiary/aromatic N) is 3. The maximum atomic E-state index is 12.9. The SMILES string of the molecule is Cn1cc(CCC(=O)N(C2CCCCC2)C2CCS(=O)(=O)C2)cn1. The van der Waals surface area contributed by atoms with Crippen LogP contribution in [0, 0.1) is 0 Å². The van der Waals surface area contributed by atoms with Crippen molar-refractivity contribution in [3.63, 3.8) is 0 Å². The molecular weight excluding hydrogens is 326 g/mol. The smallest absolute Gasteiger partial charge is 0.223 e. The Kier molecular flexibility index (Phi) is 5.27. The lowest BCUT2D eigenvalue weighted by atomic mass is 9.92. The molecule has 1 unspecified atom stereocenters. The topological polar surface area (TPSA) is 72.3 Å². The van der Waals surface area contributed by atoms with E-state index in [1.807, 2.05) is 18.1 Å². The Hall–Kier alpha value is -1.37. The average molecular weight is 353 g/mol. The zero-order valence-corrected chi connectivity index (χ0v) is 15.2. The molecule has 0 aromatic carbocycles. The minimum Gasteiger partial charge on any atom is -0.336 e. The average Bonchev–Trinajstić information content (AvgIpc) is 3.12. The molecule has 1 aliphatic carbocycles. The number of hydrogen-bond donors (Lipinski definition) is 0. The summed E-state index contributed by atoms with van der Waals surface area (Å²) in [6.07, 6.45) is 10.9. The van der Waals surface area contributed by atoms with Gasteiger partial charge < -0.3 is 4.90 Å². The summed E-state index contributed by atoms with van der Waals surface area (Å²) >= 11 is 0. The van der Waals surface area contributed by atoms with Crippen LogP contribution in [0.3, 0.4) is 0 Å². The number of hydrogen-bond acceptors (Lipinski definition) is 4. The van der Waals surface area contributed by atoms with E-state index in [2.05, 4.69) is 5.10 Å². The van der Waals surface area contributed by atoms with Crippen molar-refractivity contribution in [2.75, 3.05) is 11.5 Å². The summed E-state index contributed by atoms with van der Waals surface area (Å²) in [5, 5.41) is 4.14. The third kappa shape index (κ3) is 4.18. The van der Waals surface area contributed by atoms with Crippen LogP contribution in [0.4, 0.5) is 0 Å². The van der Waals surface area contributed by atoms with E-state index in [1.54, 1.807) is 10.9 Å². The second kappa shape index (κ2) is 7.25. The van der Waals surface area contributed by atoms with Gasteiger partial charge in [0.25, 0.3) is 0 Å². The van der Waals surface area contributed by atoms with Gasteiger partial charge in [-0.05, 0) is 31.2 Å². The molecule has 0 radical (unpaired) electrons. The molecule has 0 spiro atoms. The van der Waals surface area contributed by atoms with Crippen molar-refractivity contribution in [2.45, 2.75) is 63.5 Å². The van der Waals surface area contributed by atoms with Crippen LogP contribution in [-0.4, -0.2) is 52.6 Å². The molecule has 24 heavy (non-hydrogen) atoms. The maximum absolute atomic E-state index is 12.9. The fourth-order valence-corrected chi connectivity index (χ4v) is 5.75. The molecule has 1 saturated heterocycles. The van der Waals surface area contributed by atoms with E-state index < -0.39 is 9.84 Å². The van der Waals surface area contributed by atoms with Crippen molar-refractivity contribution in [2.24, 2.45) is 7.05 Å². The van der Waals surface area contributed by atoms with Gasteiger partial charge in [0.1, 0.15) is 0 Å². The van der Waals surface area contributed by atoms with Crippen molar-refractivity contribution < 1.29 is 13.2 Å². The fourth-order valence-electron chi connectivity index (χ4n) is 4.04. The number of carbonyl (C=O) groups excluding carboxylic acids is 1. The minimum absolute atomic E-state index is 0.104. The normalized spacial score (nSPS) is 24.1. The molecule has 1 aromatic heterocycles. The van der Waals surface area contributed by atoms with Gasteiger partial charge >= 0.3 is 0 Å². The highest BCUT2D eigenvalue weighted by Gasteiger charge is 2.38. The molecule has 134 valence electrons. The minimum atomic E-state index is -2.98. The summed E-state index contributed by atoms with van der Waals surface area (Å²) < 4.78 is 25.5. The molecule has 6 nitrogen and oxygen atoms in total. The standard InChI is InChI=1S/C17H27N3O3S/c1-19-12-14(11-18-19)7-8-17(21)20(15-5-3-2-4-6-15)16-9-10-24(22,23)13-16/h11-12,15-16H,2-10,13H2,1H3. The summed E-state index contributed by atoms with van der Waals surface area (Å²) in [5.74, 6) is 0.465. The van der Waals surface area contributed by atoms with E-state index in [0.29, 0.717) is 19.3 Å². The Labute approximate surface area is 144 Å². The molecule has 1 aromatic rings. The van der Waals surface area contributed by atoms with Gasteiger partial charge in [-0.1, -0.05) is 19.3 Å². The second-order valence-electron chi connectivity index (χ2n) is 7.17. The quantitative estimate of drug-likeness (QED) is 0.808. The molecule has 0 N–H and O–H groups in total. The van der Waals surface area contributed by atoms with E-state index in [9.17, 15) is 13.2 Å². The summed E-state index contributed by atoms with van der Waals surface area (Å²) in [6.45, 7) is 0. The van der Waals surface area contributed by atoms with Crippen LogP contribution in [-0.2, 0) is 28.1 Å². The molecule has 3 rings (SSSR count). The molecule has 1 saturated carbocycles. The van der Waals surface area contributed by atoms with Crippen LogP contribution >= 0.6 is 0 Å². The molecular formula is C17H27N3O3S. The van der Waals surface area contributed by atoms with Crippen LogP contribution in [0.2, 0.25) is 0 Å². The second-order valence-corrected chi connectivity index (χ2v) is 9.40. The molecule has 2 fully saturated rings. The predicted octanol–water partition coefficient (Wildman–Crippen LogP) is 1.70. The Bertz CT molecular complexity index is 677. The third-order valence-corrected chi connectivity index (χ3v) is 6.99. The van der Waals surface area contributed by atoms with Crippen LogP contribution < -0.4 is 0 Å². The zero-order chi connectivity index (χ0) is 17.2. The van der Waals surface area contributed by atoms with Crippen LogP contribution in [0.1, 0.15) is 50.5 Å². The lowest BCUT2D eigenvalue weighted by Gasteiger charge is -2.38.